The van der Waals surface area contributed by atoms with Crippen molar-refractivity contribution in [1.82, 2.24) is 20.3 Å². The summed E-state index contributed by atoms with van der Waals surface area (Å²) < 4.78 is 1.15. The Morgan fingerprint density at radius 3 is 2.83 bits per heavy atom. The van der Waals surface area contributed by atoms with E-state index in [9.17, 15) is 10.2 Å². The van der Waals surface area contributed by atoms with Crippen LogP contribution in [0.3, 0.4) is 0 Å². The zero-order chi connectivity index (χ0) is 20.9. The fourth-order valence-corrected chi connectivity index (χ4v) is 4.43. The van der Waals surface area contributed by atoms with Gasteiger partial charge in [0.25, 0.3) is 0 Å². The third-order valence-electron chi connectivity index (χ3n) is 4.60. The number of nitrogens with zero attached hydrogens (tertiary/aromatic N) is 3. The van der Waals surface area contributed by atoms with Crippen molar-refractivity contribution >= 4 is 39.1 Å². The molecule has 0 bridgehead atoms. The smallest absolute Gasteiger partial charge is 0.130 e. The van der Waals surface area contributed by atoms with Gasteiger partial charge in [0, 0.05) is 22.9 Å². The summed E-state index contributed by atoms with van der Waals surface area (Å²) in [6.07, 6.45) is 0.757. The van der Waals surface area contributed by atoms with Gasteiger partial charge < -0.3 is 15.5 Å². The van der Waals surface area contributed by atoms with Crippen LogP contribution in [-0.4, -0.2) is 38.1 Å². The lowest BCUT2D eigenvalue weighted by Gasteiger charge is -2.12. The van der Waals surface area contributed by atoms with Gasteiger partial charge in [0.2, 0.25) is 0 Å². The number of thioether (sulfide) groups is 1. The van der Waals surface area contributed by atoms with Gasteiger partial charge in [-0.2, -0.15) is 0 Å². The molecule has 4 rings (SSSR count). The molecule has 0 saturated carbocycles. The van der Waals surface area contributed by atoms with Crippen LogP contribution in [0.2, 0.25) is 0 Å². The van der Waals surface area contributed by atoms with Gasteiger partial charge in [0.1, 0.15) is 24.1 Å². The van der Waals surface area contributed by atoms with Crippen molar-refractivity contribution in [3.63, 3.8) is 0 Å². The molecule has 30 heavy (non-hydrogen) atoms. The predicted octanol–water partition coefficient (Wildman–Crippen LogP) is 3.97. The highest BCUT2D eigenvalue weighted by molar-refractivity contribution is 7.98. The Labute approximate surface area is 182 Å². The minimum atomic E-state index is -0.789. The number of phenols is 1. The number of aliphatic hydroxyl groups excluding tert-OH is 1. The van der Waals surface area contributed by atoms with Crippen LogP contribution in [0.1, 0.15) is 17.4 Å². The molecule has 0 spiro atoms. The lowest BCUT2D eigenvalue weighted by atomic mass is 10.1. The summed E-state index contributed by atoms with van der Waals surface area (Å²) >= 11 is 3.24. The number of nitrogens with one attached hydrogen (secondary N) is 2. The molecule has 4 aromatic rings. The molecule has 0 fully saturated rings. The van der Waals surface area contributed by atoms with Crippen molar-refractivity contribution in [2.45, 2.75) is 12.0 Å². The van der Waals surface area contributed by atoms with E-state index in [4.69, 9.17) is 0 Å². The first kappa shape index (κ1) is 20.5. The molecule has 2 heterocycles. The maximum atomic E-state index is 10.2. The van der Waals surface area contributed by atoms with Gasteiger partial charge in [-0.15, -0.1) is 23.1 Å². The maximum Gasteiger partial charge on any atom is 0.130 e. The number of thiazole rings is 1. The number of aromatic hydroxyl groups is 1. The van der Waals surface area contributed by atoms with Gasteiger partial charge in [-0.05, 0) is 30.8 Å². The molecule has 0 aliphatic heterocycles. The summed E-state index contributed by atoms with van der Waals surface area (Å²) in [6.45, 7) is 0. The first-order chi connectivity index (χ1) is 14.6. The number of benzene rings is 2. The largest absolute Gasteiger partial charge is 0.508 e. The topological polar surface area (TPSA) is 103 Å². The van der Waals surface area contributed by atoms with E-state index in [1.165, 1.54) is 0 Å². The number of aliphatic hydroxyl groups is 1. The highest BCUT2D eigenvalue weighted by Crippen LogP contribution is 2.27. The van der Waals surface area contributed by atoms with Crippen molar-refractivity contribution in [3.8, 4) is 17.0 Å². The quantitative estimate of drug-likeness (QED) is 0.242. The molecule has 0 amide bonds. The van der Waals surface area contributed by atoms with Crippen LogP contribution in [0.5, 0.6) is 5.75 Å². The van der Waals surface area contributed by atoms with Crippen molar-refractivity contribution in [2.24, 2.45) is 0 Å². The molecule has 7 nitrogen and oxygen atoms in total. The Kier molecular flexibility index (Phi) is 6.44. The molecule has 1 atom stereocenters. The summed E-state index contributed by atoms with van der Waals surface area (Å²) in [4.78, 5) is 13.0. The van der Waals surface area contributed by atoms with Gasteiger partial charge in [-0.25, -0.2) is 15.0 Å². The Morgan fingerprint density at radius 1 is 1.10 bits per heavy atom. The van der Waals surface area contributed by atoms with E-state index in [0.717, 1.165) is 32.9 Å². The molecule has 0 aliphatic carbocycles. The van der Waals surface area contributed by atoms with Crippen molar-refractivity contribution in [1.29, 1.82) is 0 Å². The number of rotatable bonds is 8. The summed E-state index contributed by atoms with van der Waals surface area (Å²) in [5.41, 5.74) is 6.09. The van der Waals surface area contributed by atoms with Crippen LogP contribution in [0.15, 0.2) is 54.3 Å². The number of phenolic OH excluding ortho intramolecular Hbond substituents is 1. The van der Waals surface area contributed by atoms with Gasteiger partial charge in [0.15, 0.2) is 0 Å². The summed E-state index contributed by atoms with van der Waals surface area (Å²) in [6, 6.07) is 13.3. The minimum absolute atomic E-state index is 0.177. The molecule has 9 heteroatoms. The van der Waals surface area contributed by atoms with Gasteiger partial charge in [-0.3, -0.25) is 5.32 Å². The number of hydrogen-bond acceptors (Lipinski definition) is 9. The first-order valence-corrected chi connectivity index (χ1v) is 11.3. The summed E-state index contributed by atoms with van der Waals surface area (Å²) in [7, 11) is 1.66. The molecule has 154 valence electrons. The van der Waals surface area contributed by atoms with E-state index in [-0.39, 0.29) is 5.75 Å². The molecule has 2 aromatic heterocycles. The SMILES string of the molecule is CNC(O)c1ccc(CSCNc2cc(-c3ccc4scnc4c3)ncn2)c(O)c1. The van der Waals surface area contributed by atoms with E-state index < -0.39 is 6.23 Å². The zero-order valence-electron chi connectivity index (χ0n) is 16.2. The molecule has 0 aliphatic rings. The Morgan fingerprint density at radius 2 is 2.00 bits per heavy atom. The second-order valence-corrected chi connectivity index (χ2v) is 8.44. The zero-order valence-corrected chi connectivity index (χ0v) is 17.9. The third-order valence-corrected chi connectivity index (χ3v) is 6.28. The lowest BCUT2D eigenvalue weighted by Crippen LogP contribution is -2.15. The molecule has 1 unspecified atom stereocenters. The molecule has 2 aromatic carbocycles. The number of hydrogen-bond donors (Lipinski definition) is 4. The lowest BCUT2D eigenvalue weighted by molar-refractivity contribution is 0.149. The standard InChI is InChI=1S/C21H21N5O2S2/c1-22-21(28)14-2-3-15(18(27)7-14)9-29-11-26-20-8-16(23-10-24-20)13-4-5-19-17(6-13)25-12-30-19/h2-8,10,12,21-22,27-28H,9,11H2,1H3,(H,23,24,26). The van der Waals surface area contributed by atoms with Crippen LogP contribution in [0.4, 0.5) is 5.82 Å². The average Bonchev–Trinajstić information content (AvgIpc) is 3.25. The van der Waals surface area contributed by atoms with Crippen LogP contribution < -0.4 is 10.6 Å². The molecular formula is C21H21N5O2S2. The van der Waals surface area contributed by atoms with E-state index in [1.54, 1.807) is 48.6 Å². The van der Waals surface area contributed by atoms with Crippen molar-refractivity contribution in [2.75, 3.05) is 18.2 Å². The fourth-order valence-electron chi connectivity index (χ4n) is 2.95. The molecule has 0 saturated heterocycles. The van der Waals surface area contributed by atoms with E-state index in [2.05, 4.69) is 31.7 Å². The van der Waals surface area contributed by atoms with E-state index in [0.29, 0.717) is 17.2 Å². The Balaban J connectivity index is 1.35. The molecule has 4 N–H and O–H groups in total. The van der Waals surface area contributed by atoms with Gasteiger partial charge >= 0.3 is 0 Å². The summed E-state index contributed by atoms with van der Waals surface area (Å²) in [5, 5.41) is 26.0. The second kappa shape index (κ2) is 9.40. The maximum absolute atomic E-state index is 10.2. The average molecular weight is 440 g/mol. The highest BCUT2D eigenvalue weighted by atomic mass is 32.2. The molecule has 0 radical (unpaired) electrons. The van der Waals surface area contributed by atoms with Gasteiger partial charge in [0.05, 0.1) is 27.3 Å². The number of anilines is 1. The molecular weight excluding hydrogens is 418 g/mol. The summed E-state index contributed by atoms with van der Waals surface area (Å²) in [5.74, 6) is 2.17. The van der Waals surface area contributed by atoms with Gasteiger partial charge in [-0.1, -0.05) is 18.2 Å². The van der Waals surface area contributed by atoms with Crippen molar-refractivity contribution < 1.29 is 10.2 Å². The van der Waals surface area contributed by atoms with Crippen molar-refractivity contribution in [3.05, 3.63) is 65.4 Å². The van der Waals surface area contributed by atoms with Crippen LogP contribution in [0.25, 0.3) is 21.5 Å². The Bertz CT molecular complexity index is 1150. The van der Waals surface area contributed by atoms with Crippen LogP contribution >= 0.6 is 23.1 Å². The van der Waals surface area contributed by atoms with Crippen LogP contribution in [0, 0.1) is 0 Å². The van der Waals surface area contributed by atoms with E-state index >= 15 is 0 Å². The minimum Gasteiger partial charge on any atom is -0.508 e. The normalized spacial score (nSPS) is 12.2. The predicted molar refractivity (Wildman–Crippen MR) is 123 cm³/mol. The highest BCUT2D eigenvalue weighted by Gasteiger charge is 2.09. The van der Waals surface area contributed by atoms with Crippen LogP contribution in [-0.2, 0) is 5.75 Å². The second-order valence-electron chi connectivity index (χ2n) is 6.57. The first-order valence-electron chi connectivity index (χ1n) is 9.28. The van der Waals surface area contributed by atoms with E-state index in [1.807, 2.05) is 29.8 Å². The third kappa shape index (κ3) is 4.71. The number of fused-ring (bicyclic) bond motifs is 1. The number of aromatic nitrogens is 3. The monoisotopic (exact) mass is 439 g/mol. The fraction of sp³-hybridized carbons (Fsp3) is 0.190. The Hall–Kier alpha value is -2.72.